The van der Waals surface area contributed by atoms with Crippen LogP contribution >= 0.6 is 15.9 Å². The lowest BCUT2D eigenvalue weighted by molar-refractivity contribution is 0.386. The van der Waals surface area contributed by atoms with Gasteiger partial charge >= 0.3 is 0 Å². The molecule has 1 atom stereocenters. The molecule has 2 aromatic rings. The van der Waals surface area contributed by atoms with E-state index < -0.39 is 0 Å². The Labute approximate surface area is 126 Å². The van der Waals surface area contributed by atoms with E-state index in [4.69, 9.17) is 10.5 Å². The first-order valence-electron chi connectivity index (χ1n) is 6.42. The van der Waals surface area contributed by atoms with Crippen LogP contribution in [0.1, 0.15) is 17.0 Å². The van der Waals surface area contributed by atoms with Crippen molar-refractivity contribution in [3.05, 3.63) is 63.9 Å². The van der Waals surface area contributed by atoms with Gasteiger partial charge < -0.3 is 10.5 Å². The Morgan fingerprint density at radius 1 is 1.25 bits per heavy atom. The van der Waals surface area contributed by atoms with Gasteiger partial charge in [0.25, 0.3) is 0 Å². The molecule has 20 heavy (non-hydrogen) atoms. The zero-order chi connectivity index (χ0) is 14.5. The number of hydrogen-bond donors (Lipinski definition) is 1. The van der Waals surface area contributed by atoms with E-state index in [0.29, 0.717) is 13.0 Å². The lowest BCUT2D eigenvalue weighted by Crippen LogP contribution is -2.15. The largest absolute Gasteiger partial charge is 0.494 e. The topological polar surface area (TPSA) is 35.2 Å². The highest BCUT2D eigenvalue weighted by atomic mass is 79.9. The van der Waals surface area contributed by atoms with Gasteiger partial charge in [-0.3, -0.25) is 0 Å². The third-order valence-corrected chi connectivity index (χ3v) is 4.05. The minimum Gasteiger partial charge on any atom is -0.494 e. The Morgan fingerprint density at radius 2 is 2.00 bits per heavy atom. The molecule has 0 radical (unpaired) electrons. The van der Waals surface area contributed by atoms with Gasteiger partial charge in [-0.05, 0) is 42.3 Å². The standard InChI is InChI=1S/C16H17BrFNO/c1-20-16-7-6-11(9-15(16)18)8-12(10-19)13-4-2-3-5-14(13)17/h2-7,9,12H,8,10,19H2,1H3. The highest BCUT2D eigenvalue weighted by molar-refractivity contribution is 9.10. The molecule has 0 saturated carbocycles. The highest BCUT2D eigenvalue weighted by Gasteiger charge is 2.14. The van der Waals surface area contributed by atoms with Crippen molar-refractivity contribution in [2.24, 2.45) is 5.73 Å². The number of ether oxygens (including phenoxy) is 1. The molecule has 106 valence electrons. The molecule has 0 spiro atoms. The molecular formula is C16H17BrFNO. The molecule has 0 aromatic heterocycles. The Hall–Kier alpha value is -1.39. The highest BCUT2D eigenvalue weighted by Crippen LogP contribution is 2.28. The molecule has 0 bridgehead atoms. The number of nitrogens with two attached hydrogens (primary N) is 1. The monoisotopic (exact) mass is 337 g/mol. The van der Waals surface area contributed by atoms with Crippen LogP contribution < -0.4 is 10.5 Å². The first kappa shape index (κ1) is 15.0. The maximum Gasteiger partial charge on any atom is 0.165 e. The summed E-state index contributed by atoms with van der Waals surface area (Å²) in [6, 6.07) is 13.0. The van der Waals surface area contributed by atoms with Crippen LogP contribution in [0.3, 0.4) is 0 Å². The summed E-state index contributed by atoms with van der Waals surface area (Å²) < 4.78 is 19.7. The number of halogens is 2. The molecule has 0 saturated heterocycles. The van der Waals surface area contributed by atoms with Crippen molar-refractivity contribution in [2.45, 2.75) is 12.3 Å². The van der Waals surface area contributed by atoms with Crippen molar-refractivity contribution < 1.29 is 9.13 Å². The van der Waals surface area contributed by atoms with Crippen LogP contribution in [0.25, 0.3) is 0 Å². The number of methoxy groups -OCH3 is 1. The quantitative estimate of drug-likeness (QED) is 0.898. The normalized spacial score (nSPS) is 12.2. The van der Waals surface area contributed by atoms with Crippen molar-refractivity contribution in [1.29, 1.82) is 0 Å². The molecule has 2 rings (SSSR count). The molecule has 2 nitrogen and oxygen atoms in total. The Kier molecular flexibility index (Phi) is 5.15. The van der Waals surface area contributed by atoms with Gasteiger partial charge in [0.1, 0.15) is 0 Å². The molecule has 2 aromatic carbocycles. The Bertz CT molecular complexity index is 588. The van der Waals surface area contributed by atoms with Gasteiger partial charge in [-0.15, -0.1) is 0 Å². The van der Waals surface area contributed by atoms with Crippen LogP contribution in [0, 0.1) is 5.82 Å². The van der Waals surface area contributed by atoms with Gasteiger partial charge in [0.15, 0.2) is 11.6 Å². The summed E-state index contributed by atoms with van der Waals surface area (Å²) in [4.78, 5) is 0. The van der Waals surface area contributed by atoms with E-state index in [1.165, 1.54) is 13.2 Å². The summed E-state index contributed by atoms with van der Waals surface area (Å²) in [5.74, 6) is 0.0743. The first-order valence-corrected chi connectivity index (χ1v) is 7.22. The SMILES string of the molecule is COc1ccc(CC(CN)c2ccccc2Br)cc1F. The van der Waals surface area contributed by atoms with E-state index >= 15 is 0 Å². The molecule has 2 N–H and O–H groups in total. The third-order valence-electron chi connectivity index (χ3n) is 3.33. The third kappa shape index (κ3) is 3.38. The van der Waals surface area contributed by atoms with E-state index in [2.05, 4.69) is 15.9 Å². The van der Waals surface area contributed by atoms with Gasteiger partial charge in [0.2, 0.25) is 0 Å². The summed E-state index contributed by atoms with van der Waals surface area (Å²) in [5.41, 5.74) is 7.93. The lowest BCUT2D eigenvalue weighted by Gasteiger charge is -2.17. The van der Waals surface area contributed by atoms with Crippen LogP contribution in [0.15, 0.2) is 46.9 Å². The van der Waals surface area contributed by atoms with Gasteiger partial charge in [0, 0.05) is 10.4 Å². The van der Waals surface area contributed by atoms with Crippen molar-refractivity contribution in [1.82, 2.24) is 0 Å². The second-order valence-electron chi connectivity index (χ2n) is 4.63. The Balaban J connectivity index is 2.23. The maximum absolute atomic E-state index is 13.7. The second kappa shape index (κ2) is 6.86. The Morgan fingerprint density at radius 3 is 2.60 bits per heavy atom. The fourth-order valence-electron chi connectivity index (χ4n) is 2.25. The average molecular weight is 338 g/mol. The van der Waals surface area contributed by atoms with Crippen LogP contribution in [0.2, 0.25) is 0 Å². The summed E-state index contributed by atoms with van der Waals surface area (Å²) >= 11 is 3.54. The summed E-state index contributed by atoms with van der Waals surface area (Å²) in [6.07, 6.45) is 0.694. The molecule has 0 amide bonds. The molecule has 0 heterocycles. The zero-order valence-electron chi connectivity index (χ0n) is 11.3. The van der Waals surface area contributed by atoms with Gasteiger partial charge in [-0.2, -0.15) is 0 Å². The van der Waals surface area contributed by atoms with Crippen molar-refractivity contribution in [2.75, 3.05) is 13.7 Å². The fraction of sp³-hybridized carbons (Fsp3) is 0.250. The predicted molar refractivity (Wildman–Crippen MR) is 82.6 cm³/mol. The minimum absolute atomic E-state index is 0.151. The van der Waals surface area contributed by atoms with E-state index in [1.807, 2.05) is 30.3 Å². The first-order chi connectivity index (χ1) is 9.65. The van der Waals surface area contributed by atoms with E-state index in [1.54, 1.807) is 6.07 Å². The lowest BCUT2D eigenvalue weighted by atomic mass is 9.92. The maximum atomic E-state index is 13.7. The number of benzene rings is 2. The molecule has 0 aliphatic carbocycles. The molecular weight excluding hydrogens is 321 g/mol. The zero-order valence-corrected chi connectivity index (χ0v) is 12.9. The van der Waals surface area contributed by atoms with Crippen molar-refractivity contribution in [3.8, 4) is 5.75 Å². The number of rotatable bonds is 5. The van der Waals surface area contributed by atoms with E-state index in [9.17, 15) is 4.39 Å². The molecule has 0 aliphatic heterocycles. The van der Waals surface area contributed by atoms with Crippen LogP contribution in [0.4, 0.5) is 4.39 Å². The number of hydrogen-bond acceptors (Lipinski definition) is 2. The van der Waals surface area contributed by atoms with Crippen LogP contribution in [0.5, 0.6) is 5.75 Å². The summed E-state index contributed by atoms with van der Waals surface area (Å²) in [7, 11) is 1.46. The minimum atomic E-state index is -0.340. The average Bonchev–Trinajstić information content (AvgIpc) is 2.46. The van der Waals surface area contributed by atoms with Crippen LogP contribution in [-0.4, -0.2) is 13.7 Å². The van der Waals surface area contributed by atoms with E-state index in [-0.39, 0.29) is 17.5 Å². The second-order valence-corrected chi connectivity index (χ2v) is 5.48. The summed E-state index contributed by atoms with van der Waals surface area (Å²) in [5, 5.41) is 0. The molecule has 0 fully saturated rings. The van der Waals surface area contributed by atoms with E-state index in [0.717, 1.165) is 15.6 Å². The van der Waals surface area contributed by atoms with Gasteiger partial charge in [-0.25, -0.2) is 4.39 Å². The van der Waals surface area contributed by atoms with Gasteiger partial charge in [-0.1, -0.05) is 40.2 Å². The molecule has 1 unspecified atom stereocenters. The fourth-order valence-corrected chi connectivity index (χ4v) is 2.86. The predicted octanol–water partition coefficient (Wildman–Crippen LogP) is 3.88. The smallest absolute Gasteiger partial charge is 0.165 e. The summed E-state index contributed by atoms with van der Waals surface area (Å²) in [6.45, 7) is 0.510. The van der Waals surface area contributed by atoms with Crippen molar-refractivity contribution >= 4 is 15.9 Å². The van der Waals surface area contributed by atoms with Crippen molar-refractivity contribution in [3.63, 3.8) is 0 Å². The molecule has 4 heteroatoms. The van der Waals surface area contributed by atoms with Crippen LogP contribution in [-0.2, 0) is 6.42 Å². The molecule has 0 aliphatic rings. The van der Waals surface area contributed by atoms with Gasteiger partial charge in [0.05, 0.1) is 7.11 Å².